The van der Waals surface area contributed by atoms with E-state index in [2.05, 4.69) is 10.1 Å². The molecule has 2 amide bonds. The molecule has 156 valence electrons. The van der Waals surface area contributed by atoms with E-state index in [1.54, 1.807) is 4.90 Å². The highest BCUT2D eigenvalue weighted by Gasteiger charge is 2.35. The van der Waals surface area contributed by atoms with Gasteiger partial charge in [0.25, 0.3) is 0 Å². The number of methoxy groups -OCH3 is 1. The van der Waals surface area contributed by atoms with Gasteiger partial charge < -0.3 is 20.1 Å². The van der Waals surface area contributed by atoms with Crippen LogP contribution in [0.3, 0.4) is 0 Å². The van der Waals surface area contributed by atoms with E-state index in [4.69, 9.17) is 4.99 Å². The third-order valence-electron chi connectivity index (χ3n) is 5.41. The van der Waals surface area contributed by atoms with Gasteiger partial charge in [0, 0.05) is 30.3 Å². The first-order chi connectivity index (χ1) is 13.3. The third kappa shape index (κ3) is 5.01. The van der Waals surface area contributed by atoms with Gasteiger partial charge in [0.1, 0.15) is 6.04 Å². The van der Waals surface area contributed by atoms with Crippen LogP contribution in [0.1, 0.15) is 53.4 Å². The number of piperidine rings is 1. The Hall–Kier alpha value is -2.15. The number of allylic oxidation sites excluding steroid dienone is 3. The van der Waals surface area contributed by atoms with Crippen molar-refractivity contribution in [2.24, 2.45) is 16.8 Å². The largest absolute Gasteiger partial charge is 0.453 e. The van der Waals surface area contributed by atoms with Gasteiger partial charge >= 0.3 is 6.09 Å². The Morgan fingerprint density at radius 1 is 1.36 bits per heavy atom. The van der Waals surface area contributed by atoms with Gasteiger partial charge in [-0.15, -0.1) is 0 Å². The van der Waals surface area contributed by atoms with E-state index in [0.717, 1.165) is 36.4 Å². The Balaban J connectivity index is 2.40. The number of aliphatic hydroxyl groups excluding tert-OH is 1. The molecule has 0 bridgehead atoms. The molecule has 3 unspecified atom stereocenters. The van der Waals surface area contributed by atoms with Gasteiger partial charge in [-0.3, -0.25) is 9.79 Å². The summed E-state index contributed by atoms with van der Waals surface area (Å²) in [6, 6.07) is -0.674. The van der Waals surface area contributed by atoms with Crippen molar-refractivity contribution in [3.05, 3.63) is 23.5 Å². The molecule has 7 heteroatoms. The van der Waals surface area contributed by atoms with E-state index in [1.165, 1.54) is 7.11 Å². The summed E-state index contributed by atoms with van der Waals surface area (Å²) in [7, 11) is 1.29. The van der Waals surface area contributed by atoms with E-state index in [9.17, 15) is 14.7 Å². The van der Waals surface area contributed by atoms with Crippen LogP contribution in [0.15, 0.2) is 28.5 Å². The highest BCUT2D eigenvalue weighted by Crippen LogP contribution is 2.32. The van der Waals surface area contributed by atoms with Crippen LogP contribution in [-0.4, -0.2) is 53.5 Å². The molecule has 0 aromatic heterocycles. The molecule has 0 spiro atoms. The van der Waals surface area contributed by atoms with Crippen molar-refractivity contribution in [2.45, 2.75) is 65.5 Å². The molecule has 3 atom stereocenters. The zero-order valence-electron chi connectivity index (χ0n) is 17.6. The number of amides is 2. The van der Waals surface area contributed by atoms with Crippen molar-refractivity contribution in [2.75, 3.05) is 13.7 Å². The molecule has 0 aromatic rings. The lowest BCUT2D eigenvalue weighted by molar-refractivity contribution is -0.133. The maximum Gasteiger partial charge on any atom is 0.407 e. The van der Waals surface area contributed by atoms with Crippen LogP contribution in [0.4, 0.5) is 4.79 Å². The Morgan fingerprint density at radius 2 is 2.07 bits per heavy atom. The van der Waals surface area contributed by atoms with Gasteiger partial charge in [-0.1, -0.05) is 26.8 Å². The molecular weight excluding hydrogens is 358 g/mol. The number of rotatable bonds is 4. The highest BCUT2D eigenvalue weighted by molar-refractivity contribution is 5.98. The summed E-state index contributed by atoms with van der Waals surface area (Å²) in [5.41, 5.74) is 2.46. The van der Waals surface area contributed by atoms with E-state index >= 15 is 0 Å². The summed E-state index contributed by atoms with van der Waals surface area (Å²) in [6.07, 6.45) is 5.71. The fourth-order valence-electron chi connectivity index (χ4n) is 3.66. The van der Waals surface area contributed by atoms with Crippen LogP contribution in [0.5, 0.6) is 0 Å². The first-order valence-electron chi connectivity index (χ1n) is 10.1. The SMILES string of the molecule is C/C=C\C1=NC(=C2\CCCCN2C(=O)C(NC(=O)OC)C(C)C)/CC(O)C1C. The zero-order chi connectivity index (χ0) is 20.8. The molecule has 1 saturated heterocycles. The lowest BCUT2D eigenvalue weighted by Crippen LogP contribution is -2.52. The second kappa shape index (κ2) is 9.87. The maximum atomic E-state index is 13.3. The lowest BCUT2D eigenvalue weighted by atomic mass is 9.89. The van der Waals surface area contributed by atoms with Gasteiger partial charge in [0.15, 0.2) is 0 Å². The molecule has 1 fully saturated rings. The minimum atomic E-state index is -0.674. The molecule has 28 heavy (non-hydrogen) atoms. The van der Waals surface area contributed by atoms with Gasteiger partial charge in [-0.25, -0.2) is 4.79 Å². The maximum absolute atomic E-state index is 13.3. The zero-order valence-corrected chi connectivity index (χ0v) is 17.6. The number of alkyl carbamates (subject to hydrolysis) is 1. The van der Waals surface area contributed by atoms with Crippen molar-refractivity contribution in [1.29, 1.82) is 0 Å². The monoisotopic (exact) mass is 391 g/mol. The van der Waals surface area contributed by atoms with Crippen LogP contribution in [0.2, 0.25) is 0 Å². The Kier molecular flexibility index (Phi) is 7.80. The fourth-order valence-corrected chi connectivity index (χ4v) is 3.66. The Bertz CT molecular complexity index is 681. The Labute approximate surface area is 167 Å². The normalized spacial score (nSPS) is 27.0. The quantitative estimate of drug-likeness (QED) is 0.771. The first kappa shape index (κ1) is 22.1. The van der Waals surface area contributed by atoms with Crippen LogP contribution in [0.25, 0.3) is 0 Å². The van der Waals surface area contributed by atoms with Crippen LogP contribution >= 0.6 is 0 Å². The molecule has 2 heterocycles. The van der Waals surface area contributed by atoms with Crippen molar-refractivity contribution in [3.8, 4) is 0 Å². The number of carbonyl (C=O) groups excluding carboxylic acids is 2. The second-order valence-corrected chi connectivity index (χ2v) is 7.79. The third-order valence-corrected chi connectivity index (χ3v) is 5.41. The minimum absolute atomic E-state index is 0.0438. The summed E-state index contributed by atoms with van der Waals surface area (Å²) in [5.74, 6) is -0.282. The van der Waals surface area contributed by atoms with E-state index in [-0.39, 0.29) is 17.7 Å². The lowest BCUT2D eigenvalue weighted by Gasteiger charge is -2.36. The van der Waals surface area contributed by atoms with Crippen LogP contribution < -0.4 is 5.32 Å². The number of nitrogens with zero attached hydrogens (tertiary/aromatic N) is 2. The molecule has 7 nitrogen and oxygen atoms in total. The van der Waals surface area contributed by atoms with Crippen molar-refractivity contribution in [1.82, 2.24) is 10.2 Å². The van der Waals surface area contributed by atoms with E-state index in [0.29, 0.717) is 13.0 Å². The Morgan fingerprint density at radius 3 is 2.68 bits per heavy atom. The summed E-state index contributed by atoms with van der Waals surface area (Å²) in [6.45, 7) is 8.26. The van der Waals surface area contributed by atoms with Gasteiger partial charge in [-0.05, 0) is 38.2 Å². The number of nitrogens with one attached hydrogen (secondary N) is 1. The first-order valence-corrected chi connectivity index (χ1v) is 10.1. The standard InChI is InChI=1S/C21H33N3O4/c1-6-9-15-14(4)18(25)12-16(22-15)17-10-7-8-11-24(17)20(26)19(13(2)3)23-21(27)28-5/h6,9,13-14,18-19,25H,7-8,10-12H2,1-5H3,(H,23,27)/b9-6-,17-16+. The summed E-state index contributed by atoms with van der Waals surface area (Å²) < 4.78 is 4.68. The molecule has 2 rings (SSSR count). The van der Waals surface area contributed by atoms with E-state index in [1.807, 2.05) is 39.8 Å². The van der Waals surface area contributed by atoms with Crippen LogP contribution in [-0.2, 0) is 9.53 Å². The number of aliphatic imine (C=N–C) groups is 1. The van der Waals surface area contributed by atoms with Crippen molar-refractivity contribution in [3.63, 3.8) is 0 Å². The van der Waals surface area contributed by atoms with Gasteiger partial charge in [0.2, 0.25) is 5.91 Å². The molecule has 2 aliphatic rings. The van der Waals surface area contributed by atoms with Crippen molar-refractivity contribution >= 4 is 17.7 Å². The topological polar surface area (TPSA) is 91.2 Å². The molecule has 2 aliphatic heterocycles. The molecule has 2 N–H and O–H groups in total. The molecule has 0 aromatic carbocycles. The van der Waals surface area contributed by atoms with Gasteiger partial charge in [0.05, 0.1) is 18.9 Å². The number of aliphatic hydroxyl groups is 1. The number of ether oxygens (including phenoxy) is 1. The van der Waals surface area contributed by atoms with E-state index < -0.39 is 18.2 Å². The fraction of sp³-hybridized carbons (Fsp3) is 0.667. The molecular formula is C21H33N3O4. The number of carbonyl (C=O) groups is 2. The smallest absolute Gasteiger partial charge is 0.407 e. The minimum Gasteiger partial charge on any atom is -0.453 e. The van der Waals surface area contributed by atoms with Crippen molar-refractivity contribution < 1.29 is 19.4 Å². The predicted molar refractivity (Wildman–Crippen MR) is 109 cm³/mol. The molecule has 0 aliphatic carbocycles. The highest BCUT2D eigenvalue weighted by atomic mass is 16.5. The molecule has 0 saturated carbocycles. The summed E-state index contributed by atoms with van der Waals surface area (Å²) in [5, 5.41) is 13.2. The van der Waals surface area contributed by atoms with Gasteiger partial charge in [-0.2, -0.15) is 0 Å². The molecule has 0 radical (unpaired) electrons. The summed E-state index contributed by atoms with van der Waals surface area (Å²) in [4.78, 5) is 31.5. The average molecular weight is 392 g/mol. The predicted octanol–water partition coefficient (Wildman–Crippen LogP) is 3.01. The number of hydrogen-bond donors (Lipinski definition) is 2. The number of hydrogen-bond acceptors (Lipinski definition) is 5. The van der Waals surface area contributed by atoms with Crippen LogP contribution in [0, 0.1) is 11.8 Å². The number of likely N-dealkylation sites (tertiary alicyclic amines) is 1. The average Bonchev–Trinajstić information content (AvgIpc) is 2.68. The summed E-state index contributed by atoms with van der Waals surface area (Å²) >= 11 is 0. The second-order valence-electron chi connectivity index (χ2n) is 7.79.